The first-order chi connectivity index (χ1) is 25.1. The van der Waals surface area contributed by atoms with Crippen molar-refractivity contribution in [3.8, 4) is 0 Å². The minimum absolute atomic E-state index is 0.537. The minimum atomic E-state index is 0.537. The molecule has 0 aliphatic rings. The highest BCUT2D eigenvalue weighted by Crippen LogP contribution is 2.41. The lowest BCUT2D eigenvalue weighted by atomic mass is 9.90. The Morgan fingerprint density at radius 2 is 0.529 bits per heavy atom. The third-order valence-electron chi connectivity index (χ3n) is 12.1. The summed E-state index contributed by atoms with van der Waals surface area (Å²) in [6.07, 6.45) is 45.5. The molecule has 2 rings (SSSR count). The van der Waals surface area contributed by atoms with Gasteiger partial charge >= 0.3 is 0 Å². The van der Waals surface area contributed by atoms with Crippen molar-refractivity contribution in [1.82, 2.24) is 0 Å². The fraction of sp³-hybridized carbons (Fsp3) is 0.760. The van der Waals surface area contributed by atoms with Gasteiger partial charge in [-0.2, -0.15) is 0 Å². The van der Waals surface area contributed by atoms with Crippen LogP contribution in [-0.2, 0) is 0 Å². The summed E-state index contributed by atoms with van der Waals surface area (Å²) in [5.41, 5.74) is 3.07. The highest BCUT2D eigenvalue weighted by atomic mass is 15.4. The van der Waals surface area contributed by atoms with Crippen molar-refractivity contribution < 1.29 is 4.48 Å². The van der Waals surface area contributed by atoms with Crippen molar-refractivity contribution in [3.05, 3.63) is 71.8 Å². The molecule has 0 fully saturated rings. The Labute approximate surface area is 320 Å². The molecule has 0 aromatic heterocycles. The molecule has 0 spiro atoms. The van der Waals surface area contributed by atoms with E-state index in [0.29, 0.717) is 12.1 Å². The van der Waals surface area contributed by atoms with E-state index >= 15 is 0 Å². The van der Waals surface area contributed by atoms with Gasteiger partial charge in [-0.3, -0.25) is 0 Å². The van der Waals surface area contributed by atoms with E-state index < -0.39 is 0 Å². The van der Waals surface area contributed by atoms with E-state index in [4.69, 9.17) is 0 Å². The molecule has 2 aromatic carbocycles. The molecular weight excluding hydrogens is 615 g/mol. The smallest absolute Gasteiger partial charge is 0.115 e. The maximum Gasteiger partial charge on any atom is 0.115 e. The summed E-state index contributed by atoms with van der Waals surface area (Å²) in [6, 6.07) is 24.2. The van der Waals surface area contributed by atoms with Crippen molar-refractivity contribution in [1.29, 1.82) is 0 Å². The largest absolute Gasteiger partial charge is 0.316 e. The normalized spacial score (nSPS) is 13.1. The lowest BCUT2D eigenvalue weighted by Crippen LogP contribution is -2.46. The Hall–Kier alpha value is -1.60. The second-order valence-electron chi connectivity index (χ2n) is 17.0. The van der Waals surface area contributed by atoms with E-state index in [2.05, 4.69) is 88.6 Å². The number of benzene rings is 2. The van der Waals surface area contributed by atoms with Crippen molar-refractivity contribution in [2.75, 3.05) is 14.1 Å². The fourth-order valence-corrected chi connectivity index (χ4v) is 8.75. The summed E-state index contributed by atoms with van der Waals surface area (Å²) < 4.78 is 1.06. The first kappa shape index (κ1) is 45.6. The molecule has 0 aliphatic heterocycles. The van der Waals surface area contributed by atoms with Crippen LogP contribution in [0.25, 0.3) is 0 Å². The van der Waals surface area contributed by atoms with Gasteiger partial charge in [-0.25, -0.2) is 0 Å². The first-order valence-electron chi connectivity index (χ1n) is 23.0. The summed E-state index contributed by atoms with van der Waals surface area (Å²) >= 11 is 0. The Morgan fingerprint density at radius 3 is 0.765 bits per heavy atom. The van der Waals surface area contributed by atoms with E-state index in [9.17, 15) is 0 Å². The van der Waals surface area contributed by atoms with Crippen LogP contribution in [0.5, 0.6) is 0 Å². The summed E-state index contributed by atoms with van der Waals surface area (Å²) in [6.45, 7) is 4.62. The molecule has 2 aromatic rings. The second kappa shape index (κ2) is 31.9. The molecule has 1 heteroatoms. The number of rotatable bonds is 36. The van der Waals surface area contributed by atoms with Crippen LogP contribution in [0.2, 0.25) is 0 Å². The van der Waals surface area contributed by atoms with Crippen LogP contribution in [0, 0.1) is 0 Å². The number of unbranched alkanes of at least 4 members (excludes halogenated alkanes) is 28. The predicted molar refractivity (Wildman–Crippen MR) is 230 cm³/mol. The van der Waals surface area contributed by atoms with Crippen LogP contribution in [0.4, 0.5) is 0 Å². The van der Waals surface area contributed by atoms with Crippen LogP contribution >= 0.6 is 0 Å². The number of hydrogen-bond donors (Lipinski definition) is 0. The average molecular weight is 703 g/mol. The van der Waals surface area contributed by atoms with Crippen LogP contribution in [0.1, 0.15) is 243 Å². The van der Waals surface area contributed by atoms with Gasteiger partial charge in [-0.05, 0) is 12.8 Å². The molecular formula is C50H88N+. The summed E-state index contributed by atoms with van der Waals surface area (Å²) in [4.78, 5) is 0. The molecule has 2 atom stereocenters. The van der Waals surface area contributed by atoms with Gasteiger partial charge in [0.25, 0.3) is 0 Å². The maximum atomic E-state index is 2.55. The zero-order valence-electron chi connectivity index (χ0n) is 35.0. The van der Waals surface area contributed by atoms with Crippen molar-refractivity contribution in [3.63, 3.8) is 0 Å². The standard InChI is InChI=1S/C50H88N/c1-5-7-9-11-13-15-17-19-21-23-25-27-29-31-39-45-49(47-41-35-33-36-42-47)51(3,4)50(48-43-37-34-38-44-48)46-40-32-30-28-26-24-22-20-18-16-14-12-10-8-6-2/h33-38,41-44,49-50H,5-32,39-40,45-46H2,1-4H3/q+1. The SMILES string of the molecule is CCCCCCCCCCCCCCCCCC(c1ccccc1)[N+](C)(C)C(CCCCCCCCCCCCCCCCC)c1ccccc1. The molecule has 2 unspecified atom stereocenters. The van der Waals surface area contributed by atoms with Gasteiger partial charge in [-0.1, -0.05) is 254 Å². The highest BCUT2D eigenvalue weighted by Gasteiger charge is 2.37. The predicted octanol–water partition coefficient (Wildman–Crippen LogP) is 17.1. The average Bonchev–Trinajstić information content (AvgIpc) is 3.15. The molecule has 0 saturated carbocycles. The van der Waals surface area contributed by atoms with E-state index in [1.54, 1.807) is 0 Å². The zero-order chi connectivity index (χ0) is 36.5. The molecule has 0 saturated heterocycles. The number of nitrogens with zero attached hydrogens (tertiary/aromatic N) is 1. The minimum Gasteiger partial charge on any atom is -0.316 e. The lowest BCUT2D eigenvalue weighted by Gasteiger charge is -2.45. The van der Waals surface area contributed by atoms with E-state index in [1.807, 2.05) is 0 Å². The monoisotopic (exact) mass is 703 g/mol. The third kappa shape index (κ3) is 22.3. The van der Waals surface area contributed by atoms with Gasteiger partial charge in [-0.15, -0.1) is 0 Å². The molecule has 0 aliphatic carbocycles. The molecule has 0 radical (unpaired) electrons. The van der Waals surface area contributed by atoms with Crippen LogP contribution in [0.3, 0.4) is 0 Å². The van der Waals surface area contributed by atoms with Gasteiger partial charge < -0.3 is 4.48 Å². The summed E-state index contributed by atoms with van der Waals surface area (Å²) in [5.74, 6) is 0. The van der Waals surface area contributed by atoms with Gasteiger partial charge in [0.2, 0.25) is 0 Å². The first-order valence-corrected chi connectivity index (χ1v) is 23.0. The van der Waals surface area contributed by atoms with Gasteiger partial charge in [0.1, 0.15) is 12.1 Å². The molecule has 292 valence electrons. The van der Waals surface area contributed by atoms with Crippen molar-refractivity contribution in [2.45, 2.75) is 231 Å². The lowest BCUT2D eigenvalue weighted by molar-refractivity contribution is -0.951. The fourth-order valence-electron chi connectivity index (χ4n) is 8.75. The highest BCUT2D eigenvalue weighted by molar-refractivity contribution is 5.20. The van der Waals surface area contributed by atoms with E-state index in [1.165, 1.54) is 217 Å². The molecule has 0 amide bonds. The molecule has 0 N–H and O–H groups in total. The molecule has 1 nitrogen and oxygen atoms in total. The Kier molecular flexibility index (Phi) is 28.5. The Bertz CT molecular complexity index is 901. The molecule has 0 heterocycles. The third-order valence-corrected chi connectivity index (χ3v) is 12.1. The number of quaternary nitrogens is 1. The van der Waals surface area contributed by atoms with E-state index in [-0.39, 0.29) is 0 Å². The summed E-state index contributed by atoms with van der Waals surface area (Å²) in [5, 5.41) is 0. The van der Waals surface area contributed by atoms with E-state index in [0.717, 1.165) is 4.48 Å². The maximum absolute atomic E-state index is 2.55. The summed E-state index contributed by atoms with van der Waals surface area (Å²) in [7, 11) is 5.09. The van der Waals surface area contributed by atoms with Gasteiger partial charge in [0, 0.05) is 24.0 Å². The number of hydrogen-bond acceptors (Lipinski definition) is 0. The topological polar surface area (TPSA) is 0 Å². The Morgan fingerprint density at radius 1 is 0.314 bits per heavy atom. The zero-order valence-corrected chi connectivity index (χ0v) is 35.0. The van der Waals surface area contributed by atoms with Gasteiger partial charge in [0.15, 0.2) is 0 Å². The van der Waals surface area contributed by atoms with Crippen LogP contribution in [-0.4, -0.2) is 18.6 Å². The molecule has 51 heavy (non-hydrogen) atoms. The molecule has 0 bridgehead atoms. The van der Waals surface area contributed by atoms with Crippen molar-refractivity contribution in [2.24, 2.45) is 0 Å². The van der Waals surface area contributed by atoms with Crippen LogP contribution in [0.15, 0.2) is 60.7 Å². The van der Waals surface area contributed by atoms with Gasteiger partial charge in [0.05, 0.1) is 14.1 Å². The Balaban J connectivity index is 1.74. The van der Waals surface area contributed by atoms with Crippen molar-refractivity contribution >= 4 is 0 Å². The second-order valence-corrected chi connectivity index (χ2v) is 17.0. The quantitative estimate of drug-likeness (QED) is 0.0490. The van der Waals surface area contributed by atoms with Crippen LogP contribution < -0.4 is 0 Å².